The number of aryl methyl sites for hydroxylation is 1. The van der Waals surface area contributed by atoms with Gasteiger partial charge in [0.15, 0.2) is 6.54 Å². The molecule has 6 nitrogen and oxygen atoms in total. The third-order valence-corrected chi connectivity index (χ3v) is 4.70. The predicted octanol–water partition coefficient (Wildman–Crippen LogP) is -1.24. The van der Waals surface area contributed by atoms with Crippen molar-refractivity contribution in [2.75, 3.05) is 39.3 Å². The van der Waals surface area contributed by atoms with Crippen LogP contribution in [0.3, 0.4) is 0 Å². The molecular formula is C19H32N4O2+2. The first-order valence-electron chi connectivity index (χ1n) is 9.23. The Hall–Kier alpha value is -1.92. The fourth-order valence-electron chi connectivity index (χ4n) is 3.13. The van der Waals surface area contributed by atoms with Crippen LogP contribution in [-0.4, -0.2) is 51.2 Å². The smallest absolute Gasteiger partial charge is 0.321 e. The van der Waals surface area contributed by atoms with Gasteiger partial charge in [0, 0.05) is 12.1 Å². The summed E-state index contributed by atoms with van der Waals surface area (Å²) in [6.45, 7) is 12.2. The lowest BCUT2D eigenvalue weighted by Crippen LogP contribution is -3.28. The highest BCUT2D eigenvalue weighted by Gasteiger charge is 2.25. The monoisotopic (exact) mass is 348 g/mol. The third-order valence-electron chi connectivity index (χ3n) is 4.70. The van der Waals surface area contributed by atoms with Crippen LogP contribution in [-0.2, 0) is 11.3 Å². The molecule has 3 amide bonds. The van der Waals surface area contributed by atoms with Gasteiger partial charge in [-0.15, -0.1) is 0 Å². The Morgan fingerprint density at radius 3 is 2.36 bits per heavy atom. The van der Waals surface area contributed by atoms with Crippen molar-refractivity contribution in [1.29, 1.82) is 0 Å². The van der Waals surface area contributed by atoms with Gasteiger partial charge in [0.1, 0.15) is 32.7 Å². The van der Waals surface area contributed by atoms with Crippen molar-refractivity contribution >= 4 is 11.9 Å². The number of imide groups is 1. The summed E-state index contributed by atoms with van der Waals surface area (Å²) < 4.78 is 0. The van der Waals surface area contributed by atoms with Crippen molar-refractivity contribution in [3.8, 4) is 0 Å². The fraction of sp³-hybridized carbons (Fsp3) is 0.579. The van der Waals surface area contributed by atoms with E-state index in [-0.39, 0.29) is 11.9 Å². The summed E-state index contributed by atoms with van der Waals surface area (Å²) in [6, 6.07) is 8.14. The van der Waals surface area contributed by atoms with E-state index in [9.17, 15) is 9.59 Å². The number of quaternary nitrogens is 2. The molecule has 1 aromatic rings. The summed E-state index contributed by atoms with van der Waals surface area (Å²) in [5.74, 6) is 0.175. The molecule has 1 aliphatic heterocycles. The lowest BCUT2D eigenvalue weighted by molar-refractivity contribution is -1.02. The second-order valence-electron chi connectivity index (χ2n) is 7.43. The molecule has 0 spiro atoms. The molecule has 0 atom stereocenters. The van der Waals surface area contributed by atoms with Gasteiger partial charge in [0.2, 0.25) is 0 Å². The van der Waals surface area contributed by atoms with E-state index in [4.69, 9.17) is 0 Å². The molecule has 6 heteroatoms. The Balaban J connectivity index is 1.69. The van der Waals surface area contributed by atoms with Crippen LogP contribution in [0.4, 0.5) is 4.79 Å². The maximum absolute atomic E-state index is 12.0. The minimum absolute atomic E-state index is 0.196. The topological polar surface area (TPSA) is 67.1 Å². The Labute approximate surface area is 150 Å². The first kappa shape index (κ1) is 19.4. The van der Waals surface area contributed by atoms with Crippen molar-refractivity contribution < 1.29 is 19.4 Å². The highest BCUT2D eigenvalue weighted by atomic mass is 16.2. The highest BCUT2D eigenvalue weighted by Crippen LogP contribution is 2.04. The summed E-state index contributed by atoms with van der Waals surface area (Å²) in [5.41, 5.74) is 2.75. The van der Waals surface area contributed by atoms with Gasteiger partial charge in [-0.1, -0.05) is 38.1 Å². The number of amides is 3. The molecule has 25 heavy (non-hydrogen) atoms. The Kier molecular flexibility index (Phi) is 7.40. The van der Waals surface area contributed by atoms with Crippen LogP contribution in [0.2, 0.25) is 0 Å². The van der Waals surface area contributed by atoms with E-state index >= 15 is 0 Å². The predicted molar refractivity (Wildman–Crippen MR) is 97.5 cm³/mol. The molecule has 1 saturated heterocycles. The zero-order valence-corrected chi connectivity index (χ0v) is 15.7. The molecule has 0 unspecified atom stereocenters. The summed E-state index contributed by atoms with van der Waals surface area (Å²) >= 11 is 0. The zero-order valence-electron chi connectivity index (χ0n) is 15.7. The maximum atomic E-state index is 12.0. The van der Waals surface area contributed by atoms with Crippen molar-refractivity contribution in [2.24, 2.45) is 5.92 Å². The number of urea groups is 1. The Bertz CT molecular complexity index is 581. The van der Waals surface area contributed by atoms with Gasteiger partial charge in [0.25, 0.3) is 5.91 Å². The van der Waals surface area contributed by atoms with Crippen LogP contribution >= 0.6 is 0 Å². The molecule has 0 aliphatic carbocycles. The number of benzene rings is 1. The standard InChI is InChI=1S/C19H30N4O2/c1-15(2)12-20-19(25)21-18(24)14-23-10-8-22(9-11-23)13-17-7-5-4-6-16(17)3/h4-7,15H,8-14H2,1-3H3,(H2,20,21,24,25)/p+2. The first-order valence-corrected chi connectivity index (χ1v) is 9.23. The molecule has 2 rings (SSSR count). The summed E-state index contributed by atoms with van der Waals surface area (Å²) in [6.07, 6.45) is 0. The number of hydrogen-bond acceptors (Lipinski definition) is 2. The average molecular weight is 348 g/mol. The summed E-state index contributed by atoms with van der Waals surface area (Å²) in [4.78, 5) is 26.4. The molecular weight excluding hydrogens is 316 g/mol. The number of carbonyl (C=O) groups is 2. The van der Waals surface area contributed by atoms with E-state index in [0.717, 1.165) is 32.7 Å². The van der Waals surface area contributed by atoms with Gasteiger partial charge in [-0.2, -0.15) is 0 Å². The highest BCUT2D eigenvalue weighted by molar-refractivity contribution is 5.94. The second kappa shape index (κ2) is 9.53. The van der Waals surface area contributed by atoms with Crippen molar-refractivity contribution in [3.63, 3.8) is 0 Å². The van der Waals surface area contributed by atoms with Gasteiger partial charge < -0.3 is 15.1 Å². The van der Waals surface area contributed by atoms with Crippen LogP contribution in [0.25, 0.3) is 0 Å². The van der Waals surface area contributed by atoms with Gasteiger partial charge in [-0.25, -0.2) is 4.79 Å². The first-order chi connectivity index (χ1) is 11.9. The normalized spacial score (nSPS) is 20.3. The fourth-order valence-corrected chi connectivity index (χ4v) is 3.13. The Morgan fingerprint density at radius 1 is 1.08 bits per heavy atom. The quantitative estimate of drug-likeness (QED) is 0.520. The van der Waals surface area contributed by atoms with Crippen LogP contribution in [0.15, 0.2) is 24.3 Å². The molecule has 0 saturated carbocycles. The van der Waals surface area contributed by atoms with E-state index in [1.165, 1.54) is 16.0 Å². The van der Waals surface area contributed by atoms with Crippen molar-refractivity contribution in [3.05, 3.63) is 35.4 Å². The zero-order chi connectivity index (χ0) is 18.2. The number of nitrogens with one attached hydrogen (secondary N) is 4. The lowest BCUT2D eigenvalue weighted by atomic mass is 10.1. The van der Waals surface area contributed by atoms with E-state index < -0.39 is 0 Å². The van der Waals surface area contributed by atoms with E-state index in [0.29, 0.717) is 19.0 Å². The van der Waals surface area contributed by atoms with Gasteiger partial charge >= 0.3 is 6.03 Å². The number of rotatable bonds is 6. The largest absolute Gasteiger partial charge is 0.338 e. The van der Waals surface area contributed by atoms with Crippen LogP contribution in [0, 0.1) is 12.8 Å². The van der Waals surface area contributed by atoms with E-state index in [2.05, 4.69) is 41.8 Å². The van der Waals surface area contributed by atoms with Crippen LogP contribution in [0.5, 0.6) is 0 Å². The third kappa shape index (κ3) is 6.84. The number of piperazine rings is 1. The molecule has 0 aromatic heterocycles. The lowest BCUT2D eigenvalue weighted by Gasteiger charge is -2.29. The van der Waals surface area contributed by atoms with E-state index in [1.807, 2.05) is 13.8 Å². The number of carbonyl (C=O) groups excluding carboxylic acids is 2. The molecule has 4 N–H and O–H groups in total. The van der Waals surface area contributed by atoms with Gasteiger partial charge in [0.05, 0.1) is 0 Å². The number of hydrogen-bond donors (Lipinski definition) is 4. The SMILES string of the molecule is Cc1ccccc1C[NH+]1CC[NH+](CC(=O)NC(=O)NCC(C)C)CC1. The molecule has 1 aliphatic rings. The maximum Gasteiger partial charge on any atom is 0.321 e. The Morgan fingerprint density at radius 2 is 1.72 bits per heavy atom. The van der Waals surface area contributed by atoms with Crippen molar-refractivity contribution in [1.82, 2.24) is 10.6 Å². The second-order valence-corrected chi connectivity index (χ2v) is 7.43. The molecule has 0 radical (unpaired) electrons. The van der Waals surface area contributed by atoms with Gasteiger partial charge in [-0.05, 0) is 18.4 Å². The minimum atomic E-state index is -0.387. The minimum Gasteiger partial charge on any atom is -0.338 e. The van der Waals surface area contributed by atoms with E-state index in [1.54, 1.807) is 4.90 Å². The molecule has 1 aromatic carbocycles. The average Bonchev–Trinajstić information content (AvgIpc) is 2.57. The summed E-state index contributed by atoms with van der Waals surface area (Å²) in [7, 11) is 0. The van der Waals surface area contributed by atoms with Crippen LogP contribution in [0.1, 0.15) is 25.0 Å². The summed E-state index contributed by atoms with van der Waals surface area (Å²) in [5, 5.41) is 5.13. The van der Waals surface area contributed by atoms with Gasteiger partial charge in [-0.3, -0.25) is 10.1 Å². The molecule has 1 heterocycles. The molecule has 0 bridgehead atoms. The molecule has 138 valence electrons. The van der Waals surface area contributed by atoms with Crippen LogP contribution < -0.4 is 20.4 Å². The van der Waals surface area contributed by atoms with Crippen molar-refractivity contribution in [2.45, 2.75) is 27.3 Å². The molecule has 1 fully saturated rings.